The fraction of sp³-hybridized carbons (Fsp3) is 0.567. The summed E-state index contributed by atoms with van der Waals surface area (Å²) in [6.45, 7) is 8.70. The number of thioether (sulfide) groups is 1. The first kappa shape index (κ1) is 29.3. The van der Waals surface area contributed by atoms with E-state index in [9.17, 15) is 19.5 Å². The van der Waals surface area contributed by atoms with Gasteiger partial charge in [0.2, 0.25) is 11.8 Å². The van der Waals surface area contributed by atoms with Crippen LogP contribution < -0.4 is 0 Å². The molecule has 3 fully saturated rings. The molecule has 2 amide bonds. The highest BCUT2D eigenvalue weighted by Crippen LogP contribution is 2.66. The van der Waals surface area contributed by atoms with Crippen LogP contribution in [0.4, 0.5) is 0 Å². The van der Waals surface area contributed by atoms with Crippen molar-refractivity contribution in [2.24, 2.45) is 11.8 Å². The SMILES string of the molecule is C=CCCCCOC(=O)[C@@H]1[C@H]2C(=O)N(CCCCO)C(C(=O)N(CC=C)Cn3nnc4ccccc43)C23CC[C@H]1S3. The van der Waals surface area contributed by atoms with Crippen LogP contribution in [0.2, 0.25) is 0 Å². The van der Waals surface area contributed by atoms with E-state index in [1.807, 2.05) is 30.3 Å². The number of amides is 2. The van der Waals surface area contributed by atoms with Crippen molar-refractivity contribution in [3.8, 4) is 0 Å². The number of hydrogen-bond donors (Lipinski definition) is 1. The van der Waals surface area contributed by atoms with Gasteiger partial charge in [0.15, 0.2) is 0 Å². The Kier molecular flexibility index (Phi) is 9.13. The van der Waals surface area contributed by atoms with Crippen molar-refractivity contribution in [1.82, 2.24) is 24.8 Å². The largest absolute Gasteiger partial charge is 0.465 e. The zero-order valence-corrected chi connectivity index (χ0v) is 24.2. The molecule has 0 saturated carbocycles. The first-order chi connectivity index (χ1) is 20.0. The lowest BCUT2D eigenvalue weighted by Crippen LogP contribution is -2.55. The van der Waals surface area contributed by atoms with E-state index in [1.54, 1.807) is 32.3 Å². The van der Waals surface area contributed by atoms with Gasteiger partial charge in [0.05, 0.1) is 28.7 Å². The summed E-state index contributed by atoms with van der Waals surface area (Å²) < 4.78 is 6.67. The molecule has 220 valence electrons. The van der Waals surface area contributed by atoms with E-state index in [2.05, 4.69) is 23.5 Å². The Morgan fingerprint density at radius 3 is 2.80 bits per heavy atom. The van der Waals surface area contributed by atoms with Crippen LogP contribution in [0.3, 0.4) is 0 Å². The van der Waals surface area contributed by atoms with Gasteiger partial charge in [0.1, 0.15) is 18.2 Å². The Labute approximate surface area is 244 Å². The fourth-order valence-corrected chi connectivity index (χ4v) is 8.93. The number of likely N-dealkylation sites (tertiary alicyclic amines) is 1. The molecule has 3 saturated heterocycles. The lowest BCUT2D eigenvalue weighted by molar-refractivity contribution is -0.154. The Hall–Kier alpha value is -3.18. The van der Waals surface area contributed by atoms with E-state index in [0.29, 0.717) is 32.4 Å². The molecular weight excluding hydrogens is 542 g/mol. The zero-order chi connectivity index (χ0) is 29.0. The third-order valence-corrected chi connectivity index (χ3v) is 10.5. The maximum absolute atomic E-state index is 14.5. The third-order valence-electron chi connectivity index (χ3n) is 8.55. The van der Waals surface area contributed by atoms with Crippen molar-refractivity contribution in [1.29, 1.82) is 0 Å². The molecule has 1 N–H and O–H groups in total. The number of benzene rings is 1. The van der Waals surface area contributed by atoms with Crippen LogP contribution in [0.15, 0.2) is 49.6 Å². The van der Waals surface area contributed by atoms with Gasteiger partial charge < -0.3 is 19.6 Å². The maximum Gasteiger partial charge on any atom is 0.310 e. The molecule has 3 aliphatic heterocycles. The summed E-state index contributed by atoms with van der Waals surface area (Å²) >= 11 is 1.63. The number of unbranched alkanes of at least 4 members (excludes halogenated alkanes) is 3. The van der Waals surface area contributed by atoms with E-state index < -0.39 is 22.6 Å². The summed E-state index contributed by atoms with van der Waals surface area (Å²) in [4.78, 5) is 45.3. The van der Waals surface area contributed by atoms with Crippen molar-refractivity contribution < 1.29 is 24.2 Å². The summed E-state index contributed by atoms with van der Waals surface area (Å²) in [7, 11) is 0. The lowest BCUT2D eigenvalue weighted by Gasteiger charge is -2.37. The highest BCUT2D eigenvalue weighted by Gasteiger charge is 2.74. The number of carbonyl (C=O) groups excluding carboxylic acids is 3. The highest BCUT2D eigenvalue weighted by atomic mass is 32.2. The standard InChI is InChI=1S/C30H39N5O5S/c1-3-5-6-11-19-40-29(39)24-23-14-15-30(41-23)25(24)27(37)34(17-9-10-18-36)26(30)28(38)33(16-4-2)20-35-22-13-8-7-12-21(22)31-32-35/h3-4,7-8,12-13,23-26,36H,1-2,5-6,9-11,14-20H2/t23-,24+,25+,26?,30?/m1/s1. The number of esters is 1. The normalized spacial score (nSPS) is 26.4. The van der Waals surface area contributed by atoms with Gasteiger partial charge in [0, 0.05) is 24.9 Å². The number of fused-ring (bicyclic) bond motifs is 2. The number of rotatable bonds is 15. The second-order valence-electron chi connectivity index (χ2n) is 11.0. The van der Waals surface area contributed by atoms with Crippen LogP contribution in [0.5, 0.6) is 0 Å². The molecule has 2 unspecified atom stereocenters. The number of ether oxygens (including phenoxy) is 1. The average molecular weight is 582 g/mol. The molecule has 1 spiro atoms. The second kappa shape index (κ2) is 12.8. The molecule has 5 atom stereocenters. The van der Waals surface area contributed by atoms with E-state index in [1.165, 1.54) is 0 Å². The summed E-state index contributed by atoms with van der Waals surface area (Å²) in [5.74, 6) is -1.84. The smallest absolute Gasteiger partial charge is 0.310 e. The van der Waals surface area contributed by atoms with Gasteiger partial charge in [0.25, 0.3) is 0 Å². The number of aliphatic hydroxyl groups is 1. The minimum absolute atomic E-state index is 0.00874. The molecule has 11 heteroatoms. The predicted octanol–water partition coefficient (Wildman–Crippen LogP) is 3.17. The van der Waals surface area contributed by atoms with Gasteiger partial charge in [-0.2, -0.15) is 0 Å². The molecule has 1 aromatic heterocycles. The first-order valence-electron chi connectivity index (χ1n) is 14.5. The van der Waals surface area contributed by atoms with Crippen molar-refractivity contribution >= 4 is 40.6 Å². The fourth-order valence-electron chi connectivity index (χ4n) is 6.72. The topological polar surface area (TPSA) is 118 Å². The molecule has 1 aromatic carbocycles. The number of aromatic nitrogens is 3. The van der Waals surface area contributed by atoms with Gasteiger partial charge in [-0.25, -0.2) is 4.68 Å². The molecule has 4 heterocycles. The van der Waals surface area contributed by atoms with E-state index in [-0.39, 0.29) is 42.9 Å². The molecule has 0 aliphatic carbocycles. The molecule has 2 aromatic rings. The molecular formula is C30H39N5O5S. The Bertz CT molecular complexity index is 1300. The number of nitrogens with zero attached hydrogens (tertiary/aromatic N) is 5. The van der Waals surface area contributed by atoms with Crippen LogP contribution in [-0.2, 0) is 25.8 Å². The van der Waals surface area contributed by atoms with Crippen molar-refractivity contribution in [3.05, 3.63) is 49.6 Å². The second-order valence-corrected chi connectivity index (χ2v) is 12.6. The number of para-hydroxylation sites is 1. The van der Waals surface area contributed by atoms with Crippen LogP contribution in [0.1, 0.15) is 44.9 Å². The average Bonchev–Trinajstić information content (AvgIpc) is 3.72. The molecule has 10 nitrogen and oxygen atoms in total. The summed E-state index contributed by atoms with van der Waals surface area (Å²) in [5, 5.41) is 17.9. The summed E-state index contributed by atoms with van der Waals surface area (Å²) in [5.41, 5.74) is 1.54. The van der Waals surface area contributed by atoms with E-state index in [0.717, 1.165) is 36.7 Å². The summed E-state index contributed by atoms with van der Waals surface area (Å²) in [6.07, 6.45) is 8.55. The van der Waals surface area contributed by atoms with Gasteiger partial charge in [-0.05, 0) is 57.1 Å². The maximum atomic E-state index is 14.5. The van der Waals surface area contributed by atoms with Gasteiger partial charge in [-0.1, -0.05) is 29.5 Å². The highest BCUT2D eigenvalue weighted by molar-refractivity contribution is 8.02. The lowest BCUT2D eigenvalue weighted by atomic mass is 9.71. The minimum atomic E-state index is -0.728. The monoisotopic (exact) mass is 581 g/mol. The Balaban J connectivity index is 1.42. The number of aliphatic hydroxyl groups excluding tert-OH is 1. The van der Waals surface area contributed by atoms with E-state index in [4.69, 9.17) is 4.74 Å². The number of allylic oxidation sites excluding steroid dienone is 1. The van der Waals surface area contributed by atoms with Crippen molar-refractivity contribution in [3.63, 3.8) is 0 Å². The Morgan fingerprint density at radius 1 is 1.20 bits per heavy atom. The van der Waals surface area contributed by atoms with Crippen molar-refractivity contribution in [2.75, 3.05) is 26.3 Å². The Morgan fingerprint density at radius 2 is 2.02 bits per heavy atom. The molecule has 41 heavy (non-hydrogen) atoms. The van der Waals surface area contributed by atoms with Crippen LogP contribution in [-0.4, -0.2) is 90.0 Å². The minimum Gasteiger partial charge on any atom is -0.465 e. The number of hydrogen-bond acceptors (Lipinski definition) is 8. The van der Waals surface area contributed by atoms with Crippen LogP contribution in [0.25, 0.3) is 11.0 Å². The van der Waals surface area contributed by atoms with E-state index >= 15 is 0 Å². The van der Waals surface area contributed by atoms with Gasteiger partial charge in [-0.3, -0.25) is 14.4 Å². The van der Waals surface area contributed by atoms with Crippen molar-refractivity contribution in [2.45, 2.75) is 67.7 Å². The predicted molar refractivity (Wildman–Crippen MR) is 157 cm³/mol. The molecule has 5 rings (SSSR count). The third kappa shape index (κ3) is 5.41. The zero-order valence-electron chi connectivity index (χ0n) is 23.4. The van der Waals surface area contributed by atoms with Gasteiger partial charge >= 0.3 is 5.97 Å². The van der Waals surface area contributed by atoms with Gasteiger partial charge in [-0.15, -0.1) is 30.0 Å². The summed E-state index contributed by atoms with van der Waals surface area (Å²) in [6, 6.07) is 6.83. The first-order valence-corrected chi connectivity index (χ1v) is 15.4. The van der Waals surface area contributed by atoms with Crippen LogP contribution in [0, 0.1) is 11.8 Å². The molecule has 3 aliphatic rings. The quantitative estimate of drug-likeness (QED) is 0.194. The van der Waals surface area contributed by atoms with Crippen LogP contribution >= 0.6 is 11.8 Å². The number of carbonyl (C=O) groups is 3. The molecule has 2 bridgehead atoms. The molecule has 0 radical (unpaired) electrons.